The van der Waals surface area contributed by atoms with Crippen LogP contribution in [0.3, 0.4) is 0 Å². The lowest BCUT2D eigenvalue weighted by Crippen LogP contribution is -2.35. The van der Waals surface area contributed by atoms with E-state index >= 15 is 0 Å². The maximum absolute atomic E-state index is 11.3. The summed E-state index contributed by atoms with van der Waals surface area (Å²) < 4.78 is 5.15. The molecule has 0 spiro atoms. The first-order chi connectivity index (χ1) is 6.12. The fraction of sp³-hybridized carbons (Fsp3) is 0.900. The van der Waals surface area contributed by atoms with E-state index in [0.717, 1.165) is 25.7 Å². The molecule has 0 amide bonds. The predicted octanol–water partition coefficient (Wildman–Crippen LogP) is 1.88. The summed E-state index contributed by atoms with van der Waals surface area (Å²) in [4.78, 5) is 11.3. The van der Waals surface area contributed by atoms with Crippen LogP contribution in [0.25, 0.3) is 0 Å². The molecular weight excluding hydrogens is 202 g/mol. The first kappa shape index (κ1) is 13.7. The van der Waals surface area contributed by atoms with E-state index in [4.69, 9.17) is 10.5 Å². The van der Waals surface area contributed by atoms with Gasteiger partial charge in [0, 0.05) is 0 Å². The molecule has 0 aromatic heterocycles. The van der Waals surface area contributed by atoms with Crippen molar-refractivity contribution in [2.24, 2.45) is 11.7 Å². The normalized spacial score (nSPS) is 17.4. The number of halogens is 1. The quantitative estimate of drug-likeness (QED) is 0.722. The number of ether oxygens (including phenoxy) is 1. The summed E-state index contributed by atoms with van der Waals surface area (Å²) in [6.07, 6.45) is 3.69. The molecule has 1 aliphatic carbocycles. The number of carbonyl (C=O) groups is 1. The molecule has 2 N–H and O–H groups in total. The number of nitrogens with two attached hydrogens (primary N) is 1. The molecule has 1 saturated carbocycles. The molecule has 1 aliphatic rings. The van der Waals surface area contributed by atoms with Crippen molar-refractivity contribution in [1.29, 1.82) is 0 Å². The fourth-order valence-electron chi connectivity index (χ4n) is 1.20. The van der Waals surface area contributed by atoms with E-state index in [9.17, 15) is 4.79 Å². The van der Waals surface area contributed by atoms with Crippen LogP contribution in [0.1, 0.15) is 39.5 Å². The van der Waals surface area contributed by atoms with Crippen LogP contribution < -0.4 is 5.73 Å². The molecule has 0 aliphatic heterocycles. The summed E-state index contributed by atoms with van der Waals surface area (Å²) in [5.41, 5.74) is 5.07. The Bertz CT molecular complexity index is 189. The predicted molar refractivity (Wildman–Crippen MR) is 58.4 cm³/mol. The van der Waals surface area contributed by atoms with Crippen molar-refractivity contribution in [3.63, 3.8) is 0 Å². The highest BCUT2D eigenvalue weighted by Gasteiger charge is 2.47. The molecule has 1 fully saturated rings. The average Bonchev–Trinajstić information content (AvgIpc) is 2.86. The lowest BCUT2D eigenvalue weighted by atomic mass is 10.1. The van der Waals surface area contributed by atoms with Gasteiger partial charge in [0.25, 0.3) is 0 Å². The van der Waals surface area contributed by atoms with Gasteiger partial charge in [-0.2, -0.15) is 0 Å². The fourth-order valence-corrected chi connectivity index (χ4v) is 1.20. The van der Waals surface area contributed by atoms with Crippen LogP contribution in [0, 0.1) is 5.92 Å². The summed E-state index contributed by atoms with van der Waals surface area (Å²) >= 11 is 0. The summed E-state index contributed by atoms with van der Waals surface area (Å²) in [6.45, 7) is 4.75. The van der Waals surface area contributed by atoms with Gasteiger partial charge < -0.3 is 10.5 Å². The molecule has 4 heteroatoms. The monoisotopic (exact) mass is 221 g/mol. The Hall–Kier alpha value is -0.280. The number of carbonyl (C=O) groups excluding carboxylic acids is 1. The van der Waals surface area contributed by atoms with Crippen molar-refractivity contribution in [3.05, 3.63) is 0 Å². The zero-order valence-electron chi connectivity index (χ0n) is 8.91. The van der Waals surface area contributed by atoms with E-state index in [1.165, 1.54) is 0 Å². The van der Waals surface area contributed by atoms with E-state index in [1.807, 2.05) is 0 Å². The van der Waals surface area contributed by atoms with Gasteiger partial charge in [-0.25, -0.2) is 0 Å². The van der Waals surface area contributed by atoms with Crippen molar-refractivity contribution < 1.29 is 9.53 Å². The summed E-state index contributed by atoms with van der Waals surface area (Å²) in [5.74, 6) is 0.283. The van der Waals surface area contributed by atoms with Gasteiger partial charge in [0.05, 0.1) is 6.61 Å². The SMILES string of the molecule is CCC(CC)COC(=O)C1(N)CC1.Cl. The van der Waals surface area contributed by atoms with Gasteiger partial charge in [-0.15, -0.1) is 12.4 Å². The third-order valence-corrected chi connectivity index (χ3v) is 2.80. The third-order valence-electron chi connectivity index (χ3n) is 2.80. The zero-order valence-corrected chi connectivity index (χ0v) is 9.73. The topological polar surface area (TPSA) is 52.3 Å². The van der Waals surface area contributed by atoms with Gasteiger partial charge >= 0.3 is 5.97 Å². The Balaban J connectivity index is 0.00000169. The second-order valence-corrected chi connectivity index (χ2v) is 3.94. The second-order valence-electron chi connectivity index (χ2n) is 3.94. The summed E-state index contributed by atoms with van der Waals surface area (Å²) in [5, 5.41) is 0. The maximum atomic E-state index is 11.3. The molecule has 0 aromatic carbocycles. The summed E-state index contributed by atoms with van der Waals surface area (Å²) in [6, 6.07) is 0. The van der Waals surface area contributed by atoms with Crippen LogP contribution in [-0.2, 0) is 9.53 Å². The van der Waals surface area contributed by atoms with Crippen LogP contribution in [0.2, 0.25) is 0 Å². The van der Waals surface area contributed by atoms with E-state index in [0.29, 0.717) is 12.5 Å². The van der Waals surface area contributed by atoms with E-state index in [1.54, 1.807) is 0 Å². The lowest BCUT2D eigenvalue weighted by molar-refractivity contribution is -0.147. The Kier molecular flexibility index (Phi) is 5.45. The first-order valence-corrected chi connectivity index (χ1v) is 5.08. The van der Waals surface area contributed by atoms with Crippen molar-refractivity contribution in [2.75, 3.05) is 6.61 Å². The molecule has 14 heavy (non-hydrogen) atoms. The second kappa shape index (κ2) is 5.56. The highest BCUT2D eigenvalue weighted by atomic mass is 35.5. The van der Waals surface area contributed by atoms with Gasteiger partial charge in [-0.05, 0) is 18.8 Å². The molecule has 84 valence electrons. The van der Waals surface area contributed by atoms with Crippen LogP contribution in [-0.4, -0.2) is 18.1 Å². The average molecular weight is 222 g/mol. The lowest BCUT2D eigenvalue weighted by Gasteiger charge is -2.14. The molecule has 1 rings (SSSR count). The smallest absolute Gasteiger partial charge is 0.326 e. The van der Waals surface area contributed by atoms with Crippen molar-refractivity contribution in [3.8, 4) is 0 Å². The zero-order chi connectivity index (χ0) is 9.90. The van der Waals surface area contributed by atoms with Crippen LogP contribution in [0.4, 0.5) is 0 Å². The Morgan fingerprint density at radius 1 is 1.43 bits per heavy atom. The minimum absolute atomic E-state index is 0. The largest absolute Gasteiger partial charge is 0.464 e. The van der Waals surface area contributed by atoms with Gasteiger partial charge in [0.2, 0.25) is 0 Å². The molecule has 0 heterocycles. The van der Waals surface area contributed by atoms with E-state index in [-0.39, 0.29) is 18.4 Å². The van der Waals surface area contributed by atoms with Gasteiger partial charge in [-0.3, -0.25) is 4.79 Å². The third kappa shape index (κ3) is 3.46. The van der Waals surface area contributed by atoms with E-state index in [2.05, 4.69) is 13.8 Å². The highest BCUT2D eigenvalue weighted by molar-refractivity contribution is 5.85. The first-order valence-electron chi connectivity index (χ1n) is 5.08. The number of esters is 1. The molecule has 0 radical (unpaired) electrons. The number of rotatable bonds is 5. The van der Waals surface area contributed by atoms with E-state index < -0.39 is 5.54 Å². The maximum Gasteiger partial charge on any atom is 0.326 e. The van der Waals surface area contributed by atoms with Crippen molar-refractivity contribution in [2.45, 2.75) is 45.1 Å². The Morgan fingerprint density at radius 3 is 2.29 bits per heavy atom. The standard InChI is InChI=1S/C10H19NO2.ClH/c1-3-8(4-2)7-13-9(12)10(11)5-6-10;/h8H,3-7,11H2,1-2H3;1H. The minimum atomic E-state index is -0.619. The Morgan fingerprint density at radius 2 is 1.93 bits per heavy atom. The van der Waals surface area contributed by atoms with Crippen LogP contribution in [0.5, 0.6) is 0 Å². The molecule has 0 saturated heterocycles. The number of hydrogen-bond donors (Lipinski definition) is 1. The van der Waals surface area contributed by atoms with Gasteiger partial charge in [0.15, 0.2) is 0 Å². The molecule has 0 unspecified atom stereocenters. The van der Waals surface area contributed by atoms with Crippen molar-refractivity contribution in [1.82, 2.24) is 0 Å². The van der Waals surface area contributed by atoms with Crippen molar-refractivity contribution >= 4 is 18.4 Å². The Labute approximate surface area is 91.8 Å². The van der Waals surface area contributed by atoms with Gasteiger partial charge in [-0.1, -0.05) is 26.7 Å². The molecular formula is C10H20ClNO2. The van der Waals surface area contributed by atoms with Crippen LogP contribution in [0.15, 0.2) is 0 Å². The molecule has 0 bridgehead atoms. The summed E-state index contributed by atoms with van der Waals surface area (Å²) in [7, 11) is 0. The van der Waals surface area contributed by atoms with Gasteiger partial charge in [0.1, 0.15) is 5.54 Å². The van der Waals surface area contributed by atoms with Crippen LogP contribution >= 0.6 is 12.4 Å². The molecule has 0 atom stereocenters. The molecule has 0 aromatic rings. The number of hydrogen-bond acceptors (Lipinski definition) is 3. The molecule has 3 nitrogen and oxygen atoms in total. The highest BCUT2D eigenvalue weighted by Crippen LogP contribution is 2.33. The minimum Gasteiger partial charge on any atom is -0.464 e.